The summed E-state index contributed by atoms with van der Waals surface area (Å²) in [7, 11) is 0. The van der Waals surface area contributed by atoms with Gasteiger partial charge >= 0.3 is 12.3 Å². The average molecular weight is 300 g/mol. The first kappa shape index (κ1) is 16.4. The van der Waals surface area contributed by atoms with Crippen molar-refractivity contribution in [1.29, 1.82) is 5.26 Å². The third-order valence-electron chi connectivity index (χ3n) is 2.10. The summed E-state index contributed by atoms with van der Waals surface area (Å²) in [6.07, 6.45) is -4.30. The fourth-order valence-corrected chi connectivity index (χ4v) is 1.27. The second-order valence-electron chi connectivity index (χ2n) is 3.61. The number of carbonyl (C=O) groups excluding carboxylic acids is 1. The van der Waals surface area contributed by atoms with Crippen molar-refractivity contribution >= 4 is 11.7 Å². The quantitative estimate of drug-likeness (QED) is 0.514. The van der Waals surface area contributed by atoms with Crippen LogP contribution in [-0.2, 0) is 9.53 Å². The van der Waals surface area contributed by atoms with Crippen molar-refractivity contribution in [3.05, 3.63) is 36.0 Å². The number of halogens is 3. The first-order valence-electron chi connectivity index (χ1n) is 5.75. The average Bonchev–Trinajstić information content (AvgIpc) is 2.39. The molecule has 8 heteroatoms. The molecule has 0 heterocycles. The van der Waals surface area contributed by atoms with Crippen LogP contribution in [0.2, 0.25) is 0 Å². The van der Waals surface area contributed by atoms with E-state index in [1.54, 1.807) is 24.3 Å². The van der Waals surface area contributed by atoms with Gasteiger partial charge in [-0.15, -0.1) is 13.2 Å². The number of nitriles is 1. The molecule has 0 atom stereocenters. The zero-order valence-electron chi connectivity index (χ0n) is 10.9. The van der Waals surface area contributed by atoms with Crippen molar-refractivity contribution < 1.29 is 27.4 Å². The number of hydrogen-bond acceptors (Lipinski definition) is 5. The Hall–Kier alpha value is -2.69. The Morgan fingerprint density at radius 1 is 1.38 bits per heavy atom. The summed E-state index contributed by atoms with van der Waals surface area (Å²) in [4.78, 5) is 11.1. The molecule has 5 nitrogen and oxygen atoms in total. The van der Waals surface area contributed by atoms with Gasteiger partial charge in [0.25, 0.3) is 0 Å². The Morgan fingerprint density at radius 3 is 2.48 bits per heavy atom. The van der Waals surface area contributed by atoms with Crippen molar-refractivity contribution in [1.82, 2.24) is 0 Å². The van der Waals surface area contributed by atoms with E-state index in [0.29, 0.717) is 18.0 Å². The van der Waals surface area contributed by atoms with Gasteiger partial charge in [0, 0.05) is 11.9 Å². The molecule has 0 spiro atoms. The molecule has 0 aromatic heterocycles. The molecule has 0 saturated heterocycles. The lowest BCUT2D eigenvalue weighted by molar-refractivity contribution is -0.303. The maximum Gasteiger partial charge on any atom is 0.575 e. The molecule has 21 heavy (non-hydrogen) atoms. The van der Waals surface area contributed by atoms with E-state index >= 15 is 0 Å². The van der Waals surface area contributed by atoms with Crippen molar-refractivity contribution in [2.24, 2.45) is 0 Å². The third kappa shape index (κ3) is 5.86. The molecule has 0 bridgehead atoms. The second kappa shape index (κ2) is 7.19. The zero-order valence-corrected chi connectivity index (χ0v) is 10.9. The van der Waals surface area contributed by atoms with Crippen LogP contribution >= 0.6 is 0 Å². The number of anilines is 1. The van der Waals surface area contributed by atoms with E-state index in [4.69, 9.17) is 10.00 Å². The van der Waals surface area contributed by atoms with Gasteiger partial charge in [-0.05, 0) is 31.2 Å². The highest BCUT2D eigenvalue weighted by atomic mass is 19.4. The van der Waals surface area contributed by atoms with Crippen LogP contribution in [0.5, 0.6) is 5.75 Å². The topological polar surface area (TPSA) is 71.3 Å². The van der Waals surface area contributed by atoms with Crippen LogP contribution in [0.3, 0.4) is 0 Å². The predicted molar refractivity (Wildman–Crippen MR) is 67.1 cm³/mol. The summed E-state index contributed by atoms with van der Waals surface area (Å²) in [5.41, 5.74) is -0.341. The van der Waals surface area contributed by atoms with Gasteiger partial charge in [0.1, 0.15) is 11.8 Å². The van der Waals surface area contributed by atoms with E-state index in [0.717, 1.165) is 6.20 Å². The Labute approximate surface area is 118 Å². The number of carbonyl (C=O) groups is 1. The highest BCUT2D eigenvalue weighted by Gasteiger charge is 2.35. The molecule has 0 fully saturated rings. The Balaban J connectivity index is 2.72. The van der Waals surface area contributed by atoms with Crippen LogP contribution in [0, 0.1) is 11.3 Å². The van der Waals surface area contributed by atoms with E-state index in [9.17, 15) is 18.0 Å². The lowest BCUT2D eigenvalue weighted by Gasteiger charge is -2.07. The number of nitrogens with one attached hydrogen (secondary N) is 1. The fraction of sp³-hybridized carbons (Fsp3) is 0.231. The van der Waals surface area contributed by atoms with Crippen molar-refractivity contribution in [3.8, 4) is 11.8 Å². The Kier molecular flexibility index (Phi) is 5.60. The summed E-state index contributed by atoms with van der Waals surface area (Å²) in [5, 5.41) is 11.2. The molecule has 1 N–H and O–H groups in total. The number of nitrogens with zero attached hydrogens (tertiary/aromatic N) is 1. The molecule has 0 aliphatic heterocycles. The van der Waals surface area contributed by atoms with Gasteiger partial charge in [0.05, 0.1) is 6.61 Å². The molecule has 1 aromatic rings. The number of benzene rings is 1. The molecule has 0 aliphatic carbocycles. The van der Waals surface area contributed by atoms with Gasteiger partial charge in [-0.1, -0.05) is 0 Å². The summed E-state index contributed by atoms with van der Waals surface area (Å²) < 4.78 is 44.0. The minimum atomic E-state index is -5.13. The molecule has 0 amide bonds. The van der Waals surface area contributed by atoms with Crippen LogP contribution in [-0.4, -0.2) is 18.9 Å². The van der Waals surface area contributed by atoms with E-state index in [1.807, 2.05) is 6.92 Å². The van der Waals surface area contributed by atoms with Gasteiger partial charge in [0.2, 0.25) is 0 Å². The lowest BCUT2D eigenvalue weighted by Crippen LogP contribution is -2.20. The largest absolute Gasteiger partial charge is 0.575 e. The molecular formula is C13H11F3N2O3. The van der Waals surface area contributed by atoms with Gasteiger partial charge in [-0.3, -0.25) is 0 Å². The molecule has 0 radical (unpaired) electrons. The minimum Gasteiger partial charge on any atom is -0.494 e. The van der Waals surface area contributed by atoms with E-state index in [1.165, 1.54) is 6.07 Å². The summed E-state index contributed by atoms with van der Waals surface area (Å²) in [6.45, 7) is 2.31. The normalized spacial score (nSPS) is 11.5. The third-order valence-corrected chi connectivity index (χ3v) is 2.10. The van der Waals surface area contributed by atoms with Crippen LogP contribution < -0.4 is 10.1 Å². The molecule has 0 aliphatic rings. The van der Waals surface area contributed by atoms with Crippen LogP contribution in [0.1, 0.15) is 6.92 Å². The van der Waals surface area contributed by atoms with Crippen LogP contribution in [0.15, 0.2) is 36.0 Å². The van der Waals surface area contributed by atoms with Gasteiger partial charge < -0.3 is 14.8 Å². The molecule has 1 aromatic carbocycles. The highest BCUT2D eigenvalue weighted by molar-refractivity contribution is 5.93. The molecule has 0 saturated carbocycles. The molecule has 0 unspecified atom stereocenters. The standard InChI is InChI=1S/C13H11F3N2O3/c1-2-20-11-5-3-10(4-6-11)18-8-9(7-17)12(19)21-13(14,15)16/h3-6,8,18H,2H2,1H3. The number of hydrogen-bond donors (Lipinski definition) is 1. The number of alkyl halides is 3. The van der Waals surface area contributed by atoms with Crippen LogP contribution in [0.4, 0.5) is 18.9 Å². The van der Waals surface area contributed by atoms with Crippen molar-refractivity contribution in [2.75, 3.05) is 11.9 Å². The maximum atomic E-state index is 11.9. The van der Waals surface area contributed by atoms with Crippen molar-refractivity contribution in [2.45, 2.75) is 13.3 Å². The van der Waals surface area contributed by atoms with Gasteiger partial charge in [-0.25, -0.2) is 4.79 Å². The Bertz CT molecular complexity index is 560. The Morgan fingerprint density at radius 2 is 2.00 bits per heavy atom. The number of rotatable bonds is 5. The second-order valence-corrected chi connectivity index (χ2v) is 3.61. The summed E-state index contributed by atoms with van der Waals surface area (Å²) >= 11 is 0. The number of ether oxygens (including phenoxy) is 2. The monoisotopic (exact) mass is 300 g/mol. The first-order valence-corrected chi connectivity index (χ1v) is 5.75. The van der Waals surface area contributed by atoms with E-state index in [2.05, 4.69) is 10.1 Å². The zero-order chi connectivity index (χ0) is 15.9. The minimum absolute atomic E-state index is 0.464. The smallest absolute Gasteiger partial charge is 0.494 e. The predicted octanol–water partition coefficient (Wildman–Crippen LogP) is 2.97. The summed E-state index contributed by atoms with van der Waals surface area (Å²) in [6, 6.07) is 7.73. The summed E-state index contributed by atoms with van der Waals surface area (Å²) in [5.74, 6) is -1.16. The SMILES string of the molecule is CCOc1ccc(NC=C(C#N)C(=O)OC(F)(F)F)cc1. The lowest BCUT2D eigenvalue weighted by atomic mass is 10.3. The maximum absolute atomic E-state index is 11.9. The van der Waals surface area contributed by atoms with E-state index in [-0.39, 0.29) is 0 Å². The van der Waals surface area contributed by atoms with Crippen molar-refractivity contribution in [3.63, 3.8) is 0 Å². The van der Waals surface area contributed by atoms with E-state index < -0.39 is 17.9 Å². The van der Waals surface area contributed by atoms with Gasteiger partial charge in [0.15, 0.2) is 5.57 Å². The molecule has 112 valence electrons. The highest BCUT2D eigenvalue weighted by Crippen LogP contribution is 2.19. The number of esters is 1. The van der Waals surface area contributed by atoms with Crippen LogP contribution in [0.25, 0.3) is 0 Å². The first-order chi connectivity index (χ1) is 9.85. The molecular weight excluding hydrogens is 289 g/mol. The van der Waals surface area contributed by atoms with Gasteiger partial charge in [-0.2, -0.15) is 5.26 Å². The fourth-order valence-electron chi connectivity index (χ4n) is 1.27. The molecule has 1 rings (SSSR count).